The summed E-state index contributed by atoms with van der Waals surface area (Å²) < 4.78 is 55.7. The molecule has 0 saturated heterocycles. The predicted molar refractivity (Wildman–Crippen MR) is 152 cm³/mol. The third kappa shape index (κ3) is 5.63. The Labute approximate surface area is 239 Å². The van der Waals surface area contributed by atoms with Gasteiger partial charge in [0, 0.05) is 35.2 Å². The summed E-state index contributed by atoms with van der Waals surface area (Å²) in [4.78, 5) is 24.5. The van der Waals surface area contributed by atoms with Crippen LogP contribution in [0.5, 0.6) is 0 Å². The molecule has 42 heavy (non-hydrogen) atoms. The van der Waals surface area contributed by atoms with Crippen molar-refractivity contribution < 1.29 is 32.3 Å². The van der Waals surface area contributed by atoms with Crippen LogP contribution >= 0.6 is 0 Å². The van der Waals surface area contributed by atoms with Gasteiger partial charge in [0.05, 0.1) is 11.1 Å². The molecule has 0 aliphatic heterocycles. The van der Waals surface area contributed by atoms with Crippen LogP contribution in [0.2, 0.25) is 0 Å². The van der Waals surface area contributed by atoms with Crippen LogP contribution in [0.4, 0.5) is 17.6 Å². The summed E-state index contributed by atoms with van der Waals surface area (Å²) in [7, 11) is 0. The van der Waals surface area contributed by atoms with Crippen molar-refractivity contribution in [2.75, 3.05) is 0 Å². The summed E-state index contributed by atoms with van der Waals surface area (Å²) in [5.41, 5.74) is 4.38. The highest BCUT2D eigenvalue weighted by atomic mass is 19.4. The molecule has 9 heteroatoms. The molecule has 1 aromatic heterocycles. The number of nitrogens with zero attached hydrogens (tertiary/aromatic N) is 1. The van der Waals surface area contributed by atoms with Crippen molar-refractivity contribution in [3.63, 3.8) is 0 Å². The SMILES string of the molecule is Cc1c(C)n(Cc2ccc(-c3ccccc3C(=O)O)cc2)c2ccc(C(=O)NCc3cc(F)ccc3C(F)(F)F)cc12. The molecule has 214 valence electrons. The molecule has 0 aliphatic carbocycles. The minimum atomic E-state index is -4.67. The monoisotopic (exact) mass is 574 g/mol. The van der Waals surface area contributed by atoms with Gasteiger partial charge in [0.2, 0.25) is 0 Å². The zero-order chi connectivity index (χ0) is 30.2. The number of carbonyl (C=O) groups is 2. The van der Waals surface area contributed by atoms with Gasteiger partial charge < -0.3 is 15.0 Å². The molecule has 4 aromatic carbocycles. The number of alkyl halides is 3. The fourth-order valence-corrected chi connectivity index (χ4v) is 5.15. The van der Waals surface area contributed by atoms with Crippen LogP contribution in [0.1, 0.15) is 48.7 Å². The zero-order valence-electron chi connectivity index (χ0n) is 22.7. The largest absolute Gasteiger partial charge is 0.478 e. The highest BCUT2D eigenvalue weighted by Crippen LogP contribution is 2.33. The number of benzene rings is 4. The summed E-state index contributed by atoms with van der Waals surface area (Å²) in [6, 6.07) is 21.8. The van der Waals surface area contributed by atoms with Crippen molar-refractivity contribution in [3.8, 4) is 11.1 Å². The number of halogens is 4. The first-order valence-corrected chi connectivity index (χ1v) is 13.1. The number of aromatic nitrogens is 1. The van der Waals surface area contributed by atoms with Gasteiger partial charge in [0.1, 0.15) is 5.82 Å². The van der Waals surface area contributed by atoms with Crippen molar-refractivity contribution in [2.45, 2.75) is 33.1 Å². The van der Waals surface area contributed by atoms with Crippen molar-refractivity contribution in [1.82, 2.24) is 9.88 Å². The van der Waals surface area contributed by atoms with Crippen molar-refractivity contribution in [3.05, 3.63) is 130 Å². The molecule has 0 saturated carbocycles. The minimum absolute atomic E-state index is 0.227. The van der Waals surface area contributed by atoms with Crippen LogP contribution in [-0.2, 0) is 19.3 Å². The second kappa shape index (κ2) is 11.2. The lowest BCUT2D eigenvalue weighted by molar-refractivity contribution is -0.138. The van der Waals surface area contributed by atoms with Gasteiger partial charge in [-0.25, -0.2) is 9.18 Å². The standard InChI is InChI=1S/C33H26F4N2O3/c1-19-20(2)39(18-21-7-9-22(10-8-21)26-5-3-4-6-27(26)32(41)42)30-14-11-23(16-28(19)30)31(40)38-17-24-15-25(34)12-13-29(24)33(35,36)37/h3-16H,17-18H2,1-2H3,(H,38,40)(H,41,42). The lowest BCUT2D eigenvalue weighted by Gasteiger charge is -2.14. The van der Waals surface area contributed by atoms with Gasteiger partial charge in [0.15, 0.2) is 0 Å². The maximum Gasteiger partial charge on any atom is 0.416 e. The summed E-state index contributed by atoms with van der Waals surface area (Å²) in [6.45, 7) is 3.96. The normalized spacial score (nSPS) is 11.6. The predicted octanol–water partition coefficient (Wildman–Crippen LogP) is 7.76. The summed E-state index contributed by atoms with van der Waals surface area (Å²) >= 11 is 0. The molecule has 0 spiro atoms. The Kier molecular flexibility index (Phi) is 7.60. The van der Waals surface area contributed by atoms with Gasteiger partial charge in [-0.3, -0.25) is 4.79 Å². The fraction of sp³-hybridized carbons (Fsp3) is 0.152. The number of carboxylic acids is 1. The molecule has 0 atom stereocenters. The average molecular weight is 575 g/mol. The molecule has 0 unspecified atom stereocenters. The molecule has 5 nitrogen and oxygen atoms in total. The van der Waals surface area contributed by atoms with Gasteiger partial charge >= 0.3 is 12.1 Å². The van der Waals surface area contributed by atoms with E-state index in [4.69, 9.17) is 0 Å². The number of fused-ring (bicyclic) bond motifs is 1. The van der Waals surface area contributed by atoms with E-state index in [1.807, 2.05) is 38.1 Å². The van der Waals surface area contributed by atoms with Crippen LogP contribution in [0.25, 0.3) is 22.0 Å². The van der Waals surface area contributed by atoms with Crippen LogP contribution in [0.3, 0.4) is 0 Å². The number of hydrogen-bond donors (Lipinski definition) is 2. The Bertz CT molecular complexity index is 1820. The van der Waals surface area contributed by atoms with Crippen LogP contribution in [-0.4, -0.2) is 21.6 Å². The van der Waals surface area contributed by atoms with Crippen LogP contribution < -0.4 is 5.32 Å². The van der Waals surface area contributed by atoms with E-state index in [2.05, 4.69) is 9.88 Å². The van der Waals surface area contributed by atoms with E-state index in [9.17, 15) is 32.3 Å². The van der Waals surface area contributed by atoms with Gasteiger partial charge in [-0.2, -0.15) is 13.2 Å². The van der Waals surface area contributed by atoms with Crippen LogP contribution in [0.15, 0.2) is 84.9 Å². The summed E-state index contributed by atoms with van der Waals surface area (Å²) in [5.74, 6) is -2.38. The number of nitrogens with one attached hydrogen (secondary N) is 1. The summed E-state index contributed by atoms with van der Waals surface area (Å²) in [5, 5.41) is 12.8. The molecule has 0 fully saturated rings. The number of carbonyl (C=O) groups excluding carboxylic acids is 1. The number of amides is 1. The van der Waals surface area contributed by atoms with E-state index in [-0.39, 0.29) is 16.7 Å². The quantitative estimate of drug-likeness (QED) is 0.195. The molecule has 0 radical (unpaired) electrons. The molecular weight excluding hydrogens is 548 g/mol. The number of aryl methyl sites for hydroxylation is 1. The fourth-order valence-electron chi connectivity index (χ4n) is 5.15. The molecule has 1 heterocycles. The first-order valence-electron chi connectivity index (χ1n) is 13.1. The topological polar surface area (TPSA) is 71.3 Å². The first kappa shape index (κ1) is 28.6. The van der Waals surface area contributed by atoms with E-state index in [0.29, 0.717) is 18.2 Å². The zero-order valence-corrected chi connectivity index (χ0v) is 22.7. The van der Waals surface area contributed by atoms with E-state index in [1.54, 1.807) is 42.5 Å². The minimum Gasteiger partial charge on any atom is -0.478 e. The molecule has 1 amide bonds. The average Bonchev–Trinajstić information content (AvgIpc) is 3.19. The highest BCUT2D eigenvalue weighted by molar-refractivity contribution is 5.99. The second-order valence-electron chi connectivity index (χ2n) is 10.1. The summed E-state index contributed by atoms with van der Waals surface area (Å²) in [6.07, 6.45) is -4.67. The molecule has 5 rings (SSSR count). The second-order valence-corrected chi connectivity index (χ2v) is 10.1. The molecule has 0 bridgehead atoms. The first-order chi connectivity index (χ1) is 19.9. The Morgan fingerprint density at radius 2 is 1.62 bits per heavy atom. The van der Waals surface area contributed by atoms with Gasteiger partial charge in [0.25, 0.3) is 5.91 Å². The Balaban J connectivity index is 1.37. The van der Waals surface area contributed by atoms with Crippen LogP contribution in [0, 0.1) is 19.7 Å². The number of hydrogen-bond acceptors (Lipinski definition) is 2. The molecular formula is C33H26F4N2O3. The number of aromatic carboxylic acids is 1. The third-order valence-electron chi connectivity index (χ3n) is 7.48. The van der Waals surface area contributed by atoms with Crippen molar-refractivity contribution in [1.29, 1.82) is 0 Å². The molecule has 0 aliphatic rings. The maximum absolute atomic E-state index is 13.6. The lowest BCUT2D eigenvalue weighted by atomic mass is 9.99. The van der Waals surface area contributed by atoms with Gasteiger partial charge in [-0.05, 0) is 84.1 Å². The highest BCUT2D eigenvalue weighted by Gasteiger charge is 2.33. The number of rotatable bonds is 7. The van der Waals surface area contributed by atoms with Crippen molar-refractivity contribution in [2.24, 2.45) is 0 Å². The Morgan fingerprint density at radius 1 is 0.905 bits per heavy atom. The Hall–Kier alpha value is -4.92. The van der Waals surface area contributed by atoms with E-state index < -0.39 is 36.0 Å². The number of carboxylic acid groups (broad SMARTS) is 1. The molecule has 2 N–H and O–H groups in total. The third-order valence-corrected chi connectivity index (χ3v) is 7.48. The van der Waals surface area contributed by atoms with Crippen molar-refractivity contribution >= 4 is 22.8 Å². The lowest BCUT2D eigenvalue weighted by Crippen LogP contribution is -2.24. The molecule has 5 aromatic rings. The van der Waals surface area contributed by atoms with E-state index >= 15 is 0 Å². The van der Waals surface area contributed by atoms with Gasteiger partial charge in [-0.15, -0.1) is 0 Å². The maximum atomic E-state index is 13.6. The van der Waals surface area contributed by atoms with E-state index in [0.717, 1.165) is 45.4 Å². The van der Waals surface area contributed by atoms with Gasteiger partial charge in [-0.1, -0.05) is 42.5 Å². The Morgan fingerprint density at radius 3 is 2.31 bits per heavy atom. The van der Waals surface area contributed by atoms with E-state index in [1.165, 1.54) is 0 Å². The smallest absolute Gasteiger partial charge is 0.416 e.